The van der Waals surface area contributed by atoms with Gasteiger partial charge in [0.2, 0.25) is 5.85 Å². The molecule has 0 unspecified atom stereocenters. The Labute approximate surface area is 105 Å². The highest BCUT2D eigenvalue weighted by atomic mass is 16.6. The first-order valence-corrected chi connectivity index (χ1v) is 6.35. The lowest BCUT2D eigenvalue weighted by Crippen LogP contribution is -2.61. The van der Waals surface area contributed by atoms with E-state index in [1.165, 1.54) is 6.08 Å². The maximum Gasteiger partial charge on any atom is 0.332 e. The highest BCUT2D eigenvalue weighted by Gasteiger charge is 2.38. The van der Waals surface area contributed by atoms with Gasteiger partial charge >= 0.3 is 5.97 Å². The van der Waals surface area contributed by atoms with Gasteiger partial charge in [0.15, 0.2) is 0 Å². The van der Waals surface area contributed by atoms with Crippen molar-refractivity contribution in [2.24, 2.45) is 0 Å². The summed E-state index contributed by atoms with van der Waals surface area (Å²) in [7, 11) is 0. The molecular formula is C13H26N2O2. The van der Waals surface area contributed by atoms with Gasteiger partial charge in [-0.05, 0) is 0 Å². The normalized spacial score (nSPS) is 11.9. The number of rotatable bonds is 8. The molecular weight excluding hydrogens is 216 g/mol. The maximum absolute atomic E-state index is 11.5. The Morgan fingerprint density at radius 2 is 1.47 bits per heavy atom. The molecule has 0 saturated carbocycles. The van der Waals surface area contributed by atoms with E-state index in [4.69, 9.17) is 4.74 Å². The van der Waals surface area contributed by atoms with E-state index in [1.807, 2.05) is 6.92 Å². The average molecular weight is 242 g/mol. The lowest BCUT2D eigenvalue weighted by atomic mass is 10.3. The van der Waals surface area contributed by atoms with Gasteiger partial charge in [-0.2, -0.15) is 0 Å². The quantitative estimate of drug-likeness (QED) is 0.370. The summed E-state index contributed by atoms with van der Waals surface area (Å²) < 4.78 is 5.57. The maximum atomic E-state index is 11.5. The largest absolute Gasteiger partial charge is 0.427 e. The van der Waals surface area contributed by atoms with Crippen LogP contribution in [0.5, 0.6) is 0 Å². The Hall–Kier alpha value is -0.870. The fourth-order valence-corrected chi connectivity index (χ4v) is 2.18. The molecule has 0 saturated heterocycles. The minimum Gasteiger partial charge on any atom is -0.427 e. The predicted molar refractivity (Wildman–Crippen MR) is 70.5 cm³/mol. The molecule has 0 atom stereocenters. The van der Waals surface area contributed by atoms with Crippen molar-refractivity contribution < 1.29 is 9.53 Å². The van der Waals surface area contributed by atoms with Crippen molar-refractivity contribution in [1.82, 2.24) is 9.80 Å². The van der Waals surface area contributed by atoms with Crippen molar-refractivity contribution >= 4 is 5.97 Å². The number of hydrogen-bond donors (Lipinski definition) is 0. The SMILES string of the molecule is C=CC(=O)OC(C)(N(CC)CC)N(CC)CC. The molecule has 0 N–H and O–H groups in total. The third-order valence-corrected chi connectivity index (χ3v) is 3.16. The molecule has 0 aromatic heterocycles. The Balaban J connectivity index is 5.15. The van der Waals surface area contributed by atoms with E-state index in [0.717, 1.165) is 26.2 Å². The van der Waals surface area contributed by atoms with E-state index in [-0.39, 0.29) is 5.97 Å². The third-order valence-electron chi connectivity index (χ3n) is 3.16. The summed E-state index contributed by atoms with van der Waals surface area (Å²) in [4.78, 5) is 15.8. The van der Waals surface area contributed by atoms with Gasteiger partial charge < -0.3 is 4.74 Å². The van der Waals surface area contributed by atoms with Gasteiger partial charge in [0.1, 0.15) is 0 Å². The van der Waals surface area contributed by atoms with Crippen molar-refractivity contribution in [3.8, 4) is 0 Å². The van der Waals surface area contributed by atoms with Crippen LogP contribution in [0.25, 0.3) is 0 Å². The Morgan fingerprint density at radius 1 is 1.12 bits per heavy atom. The van der Waals surface area contributed by atoms with Crippen molar-refractivity contribution in [2.75, 3.05) is 26.2 Å². The second-order valence-corrected chi connectivity index (χ2v) is 3.90. The summed E-state index contributed by atoms with van der Waals surface area (Å²) in [6.45, 7) is 17.0. The summed E-state index contributed by atoms with van der Waals surface area (Å²) in [5.74, 6) is -1.08. The summed E-state index contributed by atoms with van der Waals surface area (Å²) in [6, 6.07) is 0. The fourth-order valence-electron chi connectivity index (χ4n) is 2.18. The van der Waals surface area contributed by atoms with Crippen LogP contribution in [-0.4, -0.2) is 47.8 Å². The summed E-state index contributed by atoms with van der Waals surface area (Å²) in [6.07, 6.45) is 1.21. The molecule has 0 amide bonds. The zero-order chi connectivity index (χ0) is 13.5. The third kappa shape index (κ3) is 3.82. The summed E-state index contributed by atoms with van der Waals surface area (Å²) in [5.41, 5.74) is 0. The molecule has 0 spiro atoms. The first kappa shape index (κ1) is 16.1. The van der Waals surface area contributed by atoms with Crippen LogP contribution in [0, 0.1) is 0 Å². The summed E-state index contributed by atoms with van der Waals surface area (Å²) in [5, 5.41) is 0. The number of ether oxygens (including phenoxy) is 1. The molecule has 0 aromatic carbocycles. The molecule has 0 aliphatic carbocycles. The van der Waals surface area contributed by atoms with Crippen LogP contribution in [0.4, 0.5) is 0 Å². The van der Waals surface area contributed by atoms with Crippen LogP contribution in [0.3, 0.4) is 0 Å². The van der Waals surface area contributed by atoms with Gasteiger partial charge in [0.25, 0.3) is 0 Å². The van der Waals surface area contributed by atoms with Gasteiger partial charge in [0, 0.05) is 39.2 Å². The van der Waals surface area contributed by atoms with E-state index >= 15 is 0 Å². The van der Waals surface area contributed by atoms with Crippen LogP contribution >= 0.6 is 0 Å². The van der Waals surface area contributed by atoms with Gasteiger partial charge in [-0.1, -0.05) is 34.3 Å². The zero-order valence-corrected chi connectivity index (χ0v) is 11.8. The van der Waals surface area contributed by atoms with Crippen LogP contribution in [0.15, 0.2) is 12.7 Å². The lowest BCUT2D eigenvalue weighted by Gasteiger charge is -2.46. The first-order chi connectivity index (χ1) is 7.99. The Bertz CT molecular complexity index is 234. The molecule has 0 aliphatic heterocycles. The van der Waals surface area contributed by atoms with E-state index < -0.39 is 5.85 Å². The Morgan fingerprint density at radius 3 is 1.71 bits per heavy atom. The molecule has 0 fully saturated rings. The molecule has 100 valence electrons. The highest BCUT2D eigenvalue weighted by Crippen LogP contribution is 2.22. The molecule has 4 heteroatoms. The minimum atomic E-state index is -0.696. The number of esters is 1. The molecule has 4 nitrogen and oxygen atoms in total. The smallest absolute Gasteiger partial charge is 0.332 e. The molecule has 0 bridgehead atoms. The van der Waals surface area contributed by atoms with E-state index in [2.05, 4.69) is 44.1 Å². The van der Waals surface area contributed by atoms with Gasteiger partial charge in [-0.25, -0.2) is 4.79 Å². The monoisotopic (exact) mass is 242 g/mol. The van der Waals surface area contributed by atoms with E-state index in [0.29, 0.717) is 0 Å². The van der Waals surface area contributed by atoms with Gasteiger partial charge in [-0.3, -0.25) is 9.80 Å². The molecule has 0 heterocycles. The molecule has 0 aromatic rings. The number of nitrogens with zero attached hydrogens (tertiary/aromatic N) is 2. The second-order valence-electron chi connectivity index (χ2n) is 3.90. The van der Waals surface area contributed by atoms with Crippen LogP contribution in [0.1, 0.15) is 34.6 Å². The average Bonchev–Trinajstić information content (AvgIpc) is 2.31. The van der Waals surface area contributed by atoms with Crippen LogP contribution < -0.4 is 0 Å². The van der Waals surface area contributed by atoms with Gasteiger partial charge in [0.05, 0.1) is 0 Å². The van der Waals surface area contributed by atoms with Crippen molar-refractivity contribution in [3.63, 3.8) is 0 Å². The summed E-state index contributed by atoms with van der Waals surface area (Å²) >= 11 is 0. The number of hydrogen-bond acceptors (Lipinski definition) is 4. The zero-order valence-electron chi connectivity index (χ0n) is 11.8. The first-order valence-electron chi connectivity index (χ1n) is 6.35. The molecule has 0 radical (unpaired) electrons. The standard InChI is InChI=1S/C13H26N2O2/c1-7-12(16)17-13(6,14(8-2)9-3)15(10-4)11-5/h7H,1,8-11H2,2-6H3. The number of carbonyl (C=O) groups is 1. The van der Waals surface area contributed by atoms with Crippen molar-refractivity contribution in [1.29, 1.82) is 0 Å². The Kier molecular flexibility index (Phi) is 7.07. The topological polar surface area (TPSA) is 32.8 Å². The van der Waals surface area contributed by atoms with E-state index in [1.54, 1.807) is 0 Å². The van der Waals surface area contributed by atoms with Gasteiger partial charge in [-0.15, -0.1) is 0 Å². The molecule has 0 aliphatic rings. The molecule has 17 heavy (non-hydrogen) atoms. The van der Waals surface area contributed by atoms with Crippen molar-refractivity contribution in [2.45, 2.75) is 40.5 Å². The van der Waals surface area contributed by atoms with Crippen LogP contribution in [-0.2, 0) is 9.53 Å². The highest BCUT2D eigenvalue weighted by molar-refractivity contribution is 5.81. The minimum absolute atomic E-state index is 0.383. The lowest BCUT2D eigenvalue weighted by molar-refractivity contribution is -0.225. The number of carbonyl (C=O) groups excluding carboxylic acids is 1. The van der Waals surface area contributed by atoms with Crippen LogP contribution in [0.2, 0.25) is 0 Å². The van der Waals surface area contributed by atoms with Crippen molar-refractivity contribution in [3.05, 3.63) is 12.7 Å². The van der Waals surface area contributed by atoms with E-state index in [9.17, 15) is 4.79 Å². The molecule has 0 rings (SSSR count). The predicted octanol–water partition coefficient (Wildman–Crippen LogP) is 2.07. The second kappa shape index (κ2) is 7.45. The fraction of sp³-hybridized carbons (Fsp3) is 0.769.